The van der Waals surface area contributed by atoms with E-state index in [-0.39, 0.29) is 18.3 Å². The van der Waals surface area contributed by atoms with Gasteiger partial charge in [-0.05, 0) is 62.2 Å². The molecular weight excluding hydrogens is 518 g/mol. The second-order valence-corrected chi connectivity index (χ2v) is 9.35. The summed E-state index contributed by atoms with van der Waals surface area (Å²) in [6, 6.07) is 23.3. The Morgan fingerprint density at radius 2 is 1.69 bits per heavy atom. The molecule has 0 aliphatic heterocycles. The fourth-order valence-electron chi connectivity index (χ4n) is 4.31. The Balaban J connectivity index is 1.31. The zero-order valence-corrected chi connectivity index (χ0v) is 22.0. The van der Waals surface area contributed by atoms with E-state index < -0.39 is 5.91 Å². The van der Waals surface area contributed by atoms with Gasteiger partial charge >= 0.3 is 0 Å². The van der Waals surface area contributed by atoms with Crippen LogP contribution in [0, 0.1) is 6.92 Å². The van der Waals surface area contributed by atoms with Gasteiger partial charge in [0.05, 0.1) is 11.4 Å². The maximum atomic E-state index is 13.3. The molecule has 39 heavy (non-hydrogen) atoms. The highest BCUT2D eigenvalue weighted by Crippen LogP contribution is 2.34. The average molecular weight is 544 g/mol. The summed E-state index contributed by atoms with van der Waals surface area (Å²) in [6.07, 6.45) is 2.07. The van der Waals surface area contributed by atoms with Gasteiger partial charge in [0.25, 0.3) is 11.8 Å². The molecule has 9 heteroatoms. The summed E-state index contributed by atoms with van der Waals surface area (Å²) >= 11 is 6.21. The molecule has 8 nitrogen and oxygen atoms in total. The van der Waals surface area contributed by atoms with Crippen LogP contribution in [-0.2, 0) is 11.2 Å². The zero-order valence-electron chi connectivity index (χ0n) is 21.2. The number of carbonyl (C=O) groups is 2. The third kappa shape index (κ3) is 6.30. The van der Waals surface area contributed by atoms with Crippen LogP contribution >= 0.6 is 11.6 Å². The van der Waals surface area contributed by atoms with Gasteiger partial charge in [-0.1, -0.05) is 48.0 Å². The van der Waals surface area contributed by atoms with Crippen LogP contribution in [0.4, 0.5) is 5.69 Å². The summed E-state index contributed by atoms with van der Waals surface area (Å²) in [5.74, 6) is 1.65. The number of amides is 2. The molecule has 3 aromatic carbocycles. The highest BCUT2D eigenvalue weighted by molar-refractivity contribution is 6.31. The standard InChI is InChI=1S/C30H26ClN3O5/c1-19-28-23(33-34-27(35)18-37-21-9-4-2-5-10-21)13-8-14-26(28)39-29(19)30(36)32-24-17-20(31)15-16-25(24)38-22-11-6-3-7-12-22/h2-7,9-12,15-17H,8,13-14,18H2,1H3,(H,32,36)(H,34,35)/b33-23+. The van der Waals surface area contributed by atoms with Gasteiger partial charge < -0.3 is 19.2 Å². The predicted molar refractivity (Wildman–Crippen MR) is 149 cm³/mol. The molecule has 0 saturated carbocycles. The monoisotopic (exact) mass is 543 g/mol. The molecule has 0 spiro atoms. The summed E-state index contributed by atoms with van der Waals surface area (Å²) in [5, 5.41) is 7.65. The molecule has 0 saturated heterocycles. The number of ether oxygens (including phenoxy) is 2. The SMILES string of the molecule is Cc1c(C(=O)Nc2cc(Cl)ccc2Oc2ccccc2)oc2c1/C(=N/NC(=O)COc1ccccc1)CCC2. The summed E-state index contributed by atoms with van der Waals surface area (Å²) in [5.41, 5.74) is 5.00. The largest absolute Gasteiger partial charge is 0.484 e. The van der Waals surface area contributed by atoms with Gasteiger partial charge in [-0.15, -0.1) is 0 Å². The summed E-state index contributed by atoms with van der Waals surface area (Å²) in [6.45, 7) is 1.64. The molecule has 2 amide bonds. The molecule has 0 radical (unpaired) electrons. The molecule has 4 aromatic rings. The smallest absolute Gasteiger partial charge is 0.291 e. The Morgan fingerprint density at radius 3 is 2.44 bits per heavy atom. The van der Waals surface area contributed by atoms with E-state index >= 15 is 0 Å². The lowest BCUT2D eigenvalue weighted by Gasteiger charge is -2.13. The number of halogens is 1. The molecule has 1 aromatic heterocycles. The zero-order chi connectivity index (χ0) is 27.2. The van der Waals surface area contributed by atoms with Crippen LogP contribution in [0.15, 0.2) is 88.4 Å². The molecule has 0 fully saturated rings. The van der Waals surface area contributed by atoms with Crippen LogP contribution in [0.2, 0.25) is 5.02 Å². The molecule has 0 unspecified atom stereocenters. The number of carbonyl (C=O) groups excluding carboxylic acids is 2. The molecule has 2 N–H and O–H groups in total. The normalized spacial score (nSPS) is 13.4. The van der Waals surface area contributed by atoms with Gasteiger partial charge in [-0.2, -0.15) is 5.10 Å². The van der Waals surface area contributed by atoms with Crippen molar-refractivity contribution in [2.45, 2.75) is 26.2 Å². The predicted octanol–water partition coefficient (Wildman–Crippen LogP) is 6.52. The topological polar surface area (TPSA) is 102 Å². The highest BCUT2D eigenvalue weighted by atomic mass is 35.5. The van der Waals surface area contributed by atoms with Crippen molar-refractivity contribution in [3.63, 3.8) is 0 Å². The van der Waals surface area contributed by atoms with Crippen molar-refractivity contribution < 1.29 is 23.5 Å². The number of hydrazone groups is 1. The Bertz CT molecular complexity index is 1520. The highest BCUT2D eigenvalue weighted by Gasteiger charge is 2.28. The van der Waals surface area contributed by atoms with E-state index in [1.54, 1.807) is 37.3 Å². The van der Waals surface area contributed by atoms with Gasteiger partial charge in [-0.3, -0.25) is 9.59 Å². The molecule has 1 aliphatic carbocycles. The van der Waals surface area contributed by atoms with Crippen LogP contribution in [0.25, 0.3) is 0 Å². The Hall–Kier alpha value is -4.56. The fraction of sp³-hybridized carbons (Fsp3) is 0.167. The van der Waals surface area contributed by atoms with Crippen LogP contribution < -0.4 is 20.2 Å². The number of hydrogen-bond donors (Lipinski definition) is 2. The van der Waals surface area contributed by atoms with Gasteiger partial charge in [0.15, 0.2) is 18.1 Å². The van der Waals surface area contributed by atoms with Crippen molar-refractivity contribution in [2.24, 2.45) is 5.10 Å². The third-order valence-corrected chi connectivity index (χ3v) is 6.36. The number of rotatable bonds is 8. The number of benzene rings is 3. The third-order valence-electron chi connectivity index (χ3n) is 6.12. The van der Waals surface area contributed by atoms with Crippen LogP contribution in [0.1, 0.15) is 40.3 Å². The minimum absolute atomic E-state index is 0.166. The quantitative estimate of drug-likeness (QED) is 0.246. The number of anilines is 1. The van der Waals surface area contributed by atoms with Gasteiger partial charge in [0, 0.05) is 22.6 Å². The summed E-state index contributed by atoms with van der Waals surface area (Å²) in [4.78, 5) is 25.6. The molecular formula is C30H26ClN3O5. The first-order chi connectivity index (χ1) is 19.0. The summed E-state index contributed by atoms with van der Waals surface area (Å²) < 4.78 is 17.4. The molecule has 1 aliphatic rings. The van der Waals surface area contributed by atoms with Crippen molar-refractivity contribution >= 4 is 34.8 Å². The van der Waals surface area contributed by atoms with Crippen molar-refractivity contribution in [3.8, 4) is 17.2 Å². The van der Waals surface area contributed by atoms with Crippen LogP contribution in [-0.4, -0.2) is 24.1 Å². The van der Waals surface area contributed by atoms with E-state index in [1.807, 2.05) is 48.5 Å². The lowest BCUT2D eigenvalue weighted by Crippen LogP contribution is -2.27. The van der Waals surface area contributed by atoms with Crippen molar-refractivity contribution in [1.82, 2.24) is 5.43 Å². The van der Waals surface area contributed by atoms with Crippen LogP contribution in [0.3, 0.4) is 0 Å². The number of para-hydroxylation sites is 2. The average Bonchev–Trinajstić information content (AvgIpc) is 3.30. The number of furan rings is 1. The number of nitrogens with zero attached hydrogens (tertiary/aromatic N) is 1. The van der Waals surface area contributed by atoms with Gasteiger partial charge in [0.1, 0.15) is 17.3 Å². The van der Waals surface area contributed by atoms with Crippen molar-refractivity contribution in [3.05, 3.63) is 107 Å². The second kappa shape index (κ2) is 11.9. The molecule has 5 rings (SSSR count). The first-order valence-corrected chi connectivity index (χ1v) is 12.9. The van der Waals surface area contributed by atoms with E-state index in [0.29, 0.717) is 57.8 Å². The minimum Gasteiger partial charge on any atom is -0.484 e. The Kier molecular flexibility index (Phi) is 7.94. The van der Waals surface area contributed by atoms with Crippen molar-refractivity contribution in [1.29, 1.82) is 0 Å². The summed E-state index contributed by atoms with van der Waals surface area (Å²) in [7, 11) is 0. The molecule has 198 valence electrons. The van der Waals surface area contributed by atoms with E-state index in [4.69, 9.17) is 25.5 Å². The first-order valence-electron chi connectivity index (χ1n) is 12.5. The molecule has 0 bridgehead atoms. The van der Waals surface area contributed by atoms with E-state index in [1.165, 1.54) is 0 Å². The lowest BCUT2D eigenvalue weighted by atomic mass is 9.93. The number of aryl methyl sites for hydroxylation is 1. The Morgan fingerprint density at radius 1 is 0.974 bits per heavy atom. The van der Waals surface area contributed by atoms with Crippen LogP contribution in [0.5, 0.6) is 17.2 Å². The van der Waals surface area contributed by atoms with E-state index in [0.717, 1.165) is 12.0 Å². The first kappa shape index (κ1) is 26.1. The van der Waals surface area contributed by atoms with Gasteiger partial charge in [-0.25, -0.2) is 5.43 Å². The molecule has 0 atom stereocenters. The van der Waals surface area contributed by atoms with E-state index in [9.17, 15) is 9.59 Å². The minimum atomic E-state index is -0.443. The van der Waals surface area contributed by atoms with E-state index in [2.05, 4.69) is 15.8 Å². The lowest BCUT2D eigenvalue weighted by molar-refractivity contribution is -0.123. The van der Waals surface area contributed by atoms with Gasteiger partial charge in [0.2, 0.25) is 0 Å². The fourth-order valence-corrected chi connectivity index (χ4v) is 4.48. The Labute approximate surface area is 230 Å². The maximum absolute atomic E-state index is 13.3. The second-order valence-electron chi connectivity index (χ2n) is 8.91. The number of nitrogens with one attached hydrogen (secondary N) is 2. The number of hydrogen-bond acceptors (Lipinski definition) is 6. The molecule has 1 heterocycles. The number of fused-ring (bicyclic) bond motifs is 1. The van der Waals surface area contributed by atoms with Crippen molar-refractivity contribution in [2.75, 3.05) is 11.9 Å². The maximum Gasteiger partial charge on any atom is 0.291 e.